The van der Waals surface area contributed by atoms with Crippen molar-refractivity contribution in [2.45, 2.75) is 44.7 Å². The zero-order chi connectivity index (χ0) is 24.9. The normalized spacial score (nSPS) is 23.3. The standard InChI is InChI=1S/C28H30N4O4/c33-24-9-8-23(25(34)29-24)32-17-20-6-7-21(16-22(20)27(32)36)31-15-12-28(18-31)10-13-30(14-11-28)26(35)19-4-2-1-3-5-19/h1-7,16,23H,8-15,17-18H2,(H,29,33,34)/t23-/m0/s1. The zero-order valence-electron chi connectivity index (χ0n) is 20.2. The van der Waals surface area contributed by atoms with Crippen LogP contribution in [-0.2, 0) is 16.1 Å². The summed E-state index contributed by atoms with van der Waals surface area (Å²) < 4.78 is 0. The monoisotopic (exact) mass is 486 g/mol. The van der Waals surface area contributed by atoms with Gasteiger partial charge in [-0.15, -0.1) is 0 Å². The number of imide groups is 1. The lowest BCUT2D eigenvalue weighted by Gasteiger charge is -2.39. The van der Waals surface area contributed by atoms with E-state index in [1.807, 2.05) is 47.4 Å². The van der Waals surface area contributed by atoms with Crippen LogP contribution >= 0.6 is 0 Å². The van der Waals surface area contributed by atoms with Gasteiger partial charge in [0.25, 0.3) is 11.8 Å². The van der Waals surface area contributed by atoms with Crippen LogP contribution in [0.2, 0.25) is 0 Å². The van der Waals surface area contributed by atoms with Gasteiger partial charge in [0.2, 0.25) is 11.8 Å². The lowest BCUT2D eigenvalue weighted by Crippen LogP contribution is -2.52. The summed E-state index contributed by atoms with van der Waals surface area (Å²) in [6.45, 7) is 3.78. The highest BCUT2D eigenvalue weighted by Crippen LogP contribution is 2.43. The fraction of sp³-hybridized carbons (Fsp3) is 0.429. The Morgan fingerprint density at radius 3 is 2.44 bits per heavy atom. The summed E-state index contributed by atoms with van der Waals surface area (Å²) in [5.74, 6) is -0.687. The molecule has 0 aliphatic carbocycles. The van der Waals surface area contributed by atoms with E-state index in [1.54, 1.807) is 4.90 Å². The molecule has 6 rings (SSSR count). The number of piperidine rings is 2. The van der Waals surface area contributed by atoms with E-state index >= 15 is 0 Å². The second-order valence-corrected chi connectivity index (χ2v) is 10.6. The molecule has 36 heavy (non-hydrogen) atoms. The largest absolute Gasteiger partial charge is 0.371 e. The summed E-state index contributed by atoms with van der Waals surface area (Å²) >= 11 is 0. The Morgan fingerprint density at radius 2 is 1.69 bits per heavy atom. The van der Waals surface area contributed by atoms with Crippen molar-refractivity contribution in [3.63, 3.8) is 0 Å². The highest BCUT2D eigenvalue weighted by atomic mass is 16.2. The van der Waals surface area contributed by atoms with Crippen LogP contribution in [0.3, 0.4) is 0 Å². The molecule has 4 amide bonds. The summed E-state index contributed by atoms with van der Waals surface area (Å²) in [5, 5.41) is 2.36. The van der Waals surface area contributed by atoms with Crippen molar-refractivity contribution in [1.29, 1.82) is 0 Å². The number of hydrogen-bond acceptors (Lipinski definition) is 5. The van der Waals surface area contributed by atoms with Crippen LogP contribution in [0.25, 0.3) is 0 Å². The molecule has 1 N–H and O–H groups in total. The first kappa shape index (κ1) is 22.8. The fourth-order valence-electron chi connectivity index (χ4n) is 6.25. The van der Waals surface area contributed by atoms with E-state index in [9.17, 15) is 19.2 Å². The maximum atomic E-state index is 13.2. The van der Waals surface area contributed by atoms with Gasteiger partial charge in [0.1, 0.15) is 6.04 Å². The summed E-state index contributed by atoms with van der Waals surface area (Å²) in [4.78, 5) is 55.8. The molecule has 0 bridgehead atoms. The van der Waals surface area contributed by atoms with Crippen LogP contribution in [0, 0.1) is 5.41 Å². The van der Waals surface area contributed by atoms with E-state index in [1.165, 1.54) is 0 Å². The number of anilines is 1. The minimum absolute atomic E-state index is 0.109. The molecule has 8 heteroatoms. The van der Waals surface area contributed by atoms with Gasteiger partial charge in [-0.3, -0.25) is 24.5 Å². The molecule has 186 valence electrons. The molecule has 0 aromatic heterocycles. The van der Waals surface area contributed by atoms with E-state index in [4.69, 9.17) is 0 Å². The van der Waals surface area contributed by atoms with Crippen molar-refractivity contribution in [3.8, 4) is 0 Å². The Hall–Kier alpha value is -3.68. The summed E-state index contributed by atoms with van der Waals surface area (Å²) in [7, 11) is 0. The molecule has 4 aliphatic heterocycles. The number of likely N-dealkylation sites (tertiary alicyclic amines) is 1. The van der Waals surface area contributed by atoms with Crippen molar-refractivity contribution >= 4 is 29.3 Å². The van der Waals surface area contributed by atoms with E-state index in [0.717, 1.165) is 62.3 Å². The van der Waals surface area contributed by atoms with Crippen molar-refractivity contribution < 1.29 is 19.2 Å². The van der Waals surface area contributed by atoms with Crippen molar-refractivity contribution in [2.75, 3.05) is 31.1 Å². The van der Waals surface area contributed by atoms with Gasteiger partial charge >= 0.3 is 0 Å². The zero-order valence-corrected chi connectivity index (χ0v) is 20.2. The number of fused-ring (bicyclic) bond motifs is 1. The third-order valence-corrected chi connectivity index (χ3v) is 8.45. The van der Waals surface area contributed by atoms with Gasteiger partial charge in [-0.2, -0.15) is 0 Å². The lowest BCUT2D eigenvalue weighted by molar-refractivity contribution is -0.136. The Bertz CT molecular complexity index is 1240. The van der Waals surface area contributed by atoms with Crippen molar-refractivity contribution in [2.24, 2.45) is 5.41 Å². The predicted molar refractivity (Wildman–Crippen MR) is 133 cm³/mol. The Labute approximate surface area is 210 Å². The fourth-order valence-corrected chi connectivity index (χ4v) is 6.25. The predicted octanol–water partition coefficient (Wildman–Crippen LogP) is 2.58. The number of nitrogens with zero attached hydrogens (tertiary/aromatic N) is 3. The van der Waals surface area contributed by atoms with Crippen LogP contribution in [0.1, 0.15) is 58.4 Å². The third-order valence-electron chi connectivity index (χ3n) is 8.45. The molecule has 2 aromatic carbocycles. The maximum Gasteiger partial charge on any atom is 0.255 e. The molecule has 4 heterocycles. The van der Waals surface area contributed by atoms with Gasteiger partial charge in [-0.1, -0.05) is 24.3 Å². The number of carbonyl (C=O) groups is 4. The number of carbonyl (C=O) groups excluding carboxylic acids is 4. The minimum Gasteiger partial charge on any atom is -0.371 e. The van der Waals surface area contributed by atoms with E-state index in [2.05, 4.69) is 16.3 Å². The highest BCUT2D eigenvalue weighted by Gasteiger charge is 2.43. The van der Waals surface area contributed by atoms with Gasteiger partial charge in [0.05, 0.1) is 0 Å². The molecule has 4 aliphatic rings. The lowest BCUT2D eigenvalue weighted by atomic mass is 9.77. The Kier molecular flexibility index (Phi) is 5.54. The van der Waals surface area contributed by atoms with Crippen LogP contribution in [0.15, 0.2) is 48.5 Å². The molecule has 2 aromatic rings. The topological polar surface area (TPSA) is 90.0 Å². The number of amides is 4. The van der Waals surface area contributed by atoms with E-state index < -0.39 is 6.04 Å². The second-order valence-electron chi connectivity index (χ2n) is 10.6. The molecule has 1 spiro atoms. The van der Waals surface area contributed by atoms with Gasteiger partial charge in [-0.25, -0.2) is 0 Å². The first-order chi connectivity index (χ1) is 17.4. The molecule has 3 fully saturated rings. The quantitative estimate of drug-likeness (QED) is 0.674. The summed E-state index contributed by atoms with van der Waals surface area (Å²) in [6, 6.07) is 14.9. The molecular weight excluding hydrogens is 456 g/mol. The van der Waals surface area contributed by atoms with Gasteiger partial charge in [-0.05, 0) is 60.9 Å². The van der Waals surface area contributed by atoms with Crippen LogP contribution < -0.4 is 10.2 Å². The van der Waals surface area contributed by atoms with Crippen molar-refractivity contribution in [3.05, 3.63) is 65.2 Å². The maximum absolute atomic E-state index is 13.2. The number of hydrogen-bond donors (Lipinski definition) is 1. The Balaban J connectivity index is 1.11. The van der Waals surface area contributed by atoms with Crippen molar-refractivity contribution in [1.82, 2.24) is 15.1 Å². The summed E-state index contributed by atoms with van der Waals surface area (Å²) in [6.07, 6.45) is 3.67. The second kappa shape index (κ2) is 8.76. The molecule has 0 unspecified atom stereocenters. The average molecular weight is 487 g/mol. The molecule has 0 radical (unpaired) electrons. The molecule has 8 nitrogen and oxygen atoms in total. The molecule has 0 saturated carbocycles. The number of nitrogens with one attached hydrogen (secondary N) is 1. The average Bonchev–Trinajstić information content (AvgIpc) is 3.45. The summed E-state index contributed by atoms with van der Waals surface area (Å²) in [5.41, 5.74) is 3.55. The van der Waals surface area contributed by atoms with Gasteiger partial charge in [0.15, 0.2) is 0 Å². The first-order valence-corrected chi connectivity index (χ1v) is 12.8. The van der Waals surface area contributed by atoms with Crippen LogP contribution in [0.5, 0.6) is 0 Å². The first-order valence-electron chi connectivity index (χ1n) is 12.8. The SMILES string of the molecule is O=C1CC[C@H](N2Cc3ccc(N4CCC5(CCN(C(=O)c6ccccc6)CC5)C4)cc3C2=O)C(=O)N1. The van der Waals surface area contributed by atoms with E-state index in [-0.39, 0.29) is 35.5 Å². The highest BCUT2D eigenvalue weighted by molar-refractivity contribution is 6.05. The molecular formula is C28H30N4O4. The third kappa shape index (κ3) is 3.94. The molecule has 1 atom stereocenters. The van der Waals surface area contributed by atoms with Crippen LogP contribution in [-0.4, -0.2) is 65.6 Å². The minimum atomic E-state index is -0.593. The number of rotatable bonds is 3. The molecule has 3 saturated heterocycles. The van der Waals surface area contributed by atoms with Crippen LogP contribution in [0.4, 0.5) is 5.69 Å². The van der Waals surface area contributed by atoms with E-state index in [0.29, 0.717) is 18.5 Å². The number of benzene rings is 2. The Morgan fingerprint density at radius 1 is 0.944 bits per heavy atom. The van der Waals surface area contributed by atoms with Gasteiger partial charge in [0, 0.05) is 56.0 Å². The smallest absolute Gasteiger partial charge is 0.255 e. The van der Waals surface area contributed by atoms with Gasteiger partial charge < -0.3 is 14.7 Å².